The van der Waals surface area contributed by atoms with Crippen molar-refractivity contribution in [2.45, 2.75) is 0 Å². The zero-order chi connectivity index (χ0) is 16.3. The monoisotopic (exact) mass is 299 g/mol. The van der Waals surface area contributed by atoms with E-state index in [1.165, 1.54) is 12.2 Å². The number of hydrogen-bond acceptors (Lipinski definition) is 4. The highest BCUT2D eigenvalue weighted by Gasteiger charge is 2.34. The van der Waals surface area contributed by atoms with Crippen LogP contribution in [0.25, 0.3) is 6.08 Å². The number of carbonyl (C=O) groups excluding carboxylic acids is 3. The van der Waals surface area contributed by atoms with E-state index < -0.39 is 17.8 Å². The summed E-state index contributed by atoms with van der Waals surface area (Å²) in [4.78, 5) is 38.6. The van der Waals surface area contributed by atoms with Gasteiger partial charge in [-0.3, -0.25) is 19.8 Å². The Balaban J connectivity index is 2.32. The molecule has 1 heterocycles. The summed E-state index contributed by atoms with van der Waals surface area (Å²) in [6.07, 6.45) is 2.90. The van der Waals surface area contributed by atoms with Gasteiger partial charge in [-0.1, -0.05) is 18.2 Å². The molecule has 1 aliphatic rings. The predicted octanol–water partition coefficient (Wildman–Crippen LogP) is 1.40. The van der Waals surface area contributed by atoms with Crippen LogP contribution in [0.3, 0.4) is 0 Å². The molecule has 4 amide bonds. The van der Waals surface area contributed by atoms with Crippen molar-refractivity contribution in [1.82, 2.24) is 10.2 Å². The maximum atomic E-state index is 12.2. The molecule has 0 saturated carbocycles. The second-order valence-electron chi connectivity index (χ2n) is 5.01. The number of hydrogen-bond donors (Lipinski definition) is 1. The van der Waals surface area contributed by atoms with Crippen molar-refractivity contribution in [3.8, 4) is 0 Å². The molecule has 0 radical (unpaired) electrons. The largest absolute Gasteiger partial charge is 0.378 e. The smallest absolute Gasteiger partial charge is 0.331 e. The topological polar surface area (TPSA) is 69.7 Å². The van der Waals surface area contributed by atoms with Gasteiger partial charge in [-0.2, -0.15) is 0 Å². The Morgan fingerprint density at radius 2 is 1.82 bits per heavy atom. The van der Waals surface area contributed by atoms with E-state index in [0.717, 1.165) is 10.6 Å². The minimum Gasteiger partial charge on any atom is -0.378 e. The Labute approximate surface area is 128 Å². The van der Waals surface area contributed by atoms with Gasteiger partial charge in [-0.05, 0) is 23.8 Å². The van der Waals surface area contributed by atoms with E-state index in [-0.39, 0.29) is 12.1 Å². The fourth-order valence-electron chi connectivity index (χ4n) is 2.02. The molecule has 2 rings (SSSR count). The molecule has 1 fully saturated rings. The number of nitrogens with one attached hydrogen (secondary N) is 1. The zero-order valence-electron chi connectivity index (χ0n) is 12.5. The van der Waals surface area contributed by atoms with Crippen molar-refractivity contribution in [1.29, 1.82) is 0 Å². The van der Waals surface area contributed by atoms with E-state index in [4.69, 9.17) is 0 Å². The van der Waals surface area contributed by atoms with Crippen LogP contribution in [0.4, 0.5) is 10.5 Å². The first-order chi connectivity index (χ1) is 10.4. The molecule has 6 heteroatoms. The Morgan fingerprint density at radius 1 is 1.18 bits per heavy atom. The normalized spacial score (nSPS) is 16.7. The van der Waals surface area contributed by atoms with Crippen LogP contribution in [0.2, 0.25) is 0 Å². The van der Waals surface area contributed by atoms with Crippen LogP contribution in [-0.4, -0.2) is 43.4 Å². The number of amides is 4. The molecule has 0 unspecified atom stereocenters. The molecule has 1 aromatic carbocycles. The highest BCUT2D eigenvalue weighted by Crippen LogP contribution is 2.17. The van der Waals surface area contributed by atoms with Crippen LogP contribution < -0.4 is 10.2 Å². The molecular weight excluding hydrogens is 282 g/mol. The molecule has 114 valence electrons. The summed E-state index contributed by atoms with van der Waals surface area (Å²) in [5.74, 6) is -1.31. The summed E-state index contributed by atoms with van der Waals surface area (Å²) in [7, 11) is 3.84. The Hall–Kier alpha value is -2.89. The molecule has 6 nitrogen and oxygen atoms in total. The first-order valence-corrected chi connectivity index (χ1v) is 6.71. The minimum absolute atomic E-state index is 0.0505. The first kappa shape index (κ1) is 15.5. The summed E-state index contributed by atoms with van der Waals surface area (Å²) in [5.41, 5.74) is 1.64. The van der Waals surface area contributed by atoms with Gasteiger partial charge in [0.25, 0.3) is 11.8 Å². The number of nitrogens with zero attached hydrogens (tertiary/aromatic N) is 2. The van der Waals surface area contributed by atoms with Gasteiger partial charge in [0.2, 0.25) is 0 Å². The van der Waals surface area contributed by atoms with Gasteiger partial charge in [0, 0.05) is 26.3 Å². The maximum Gasteiger partial charge on any atom is 0.331 e. The minimum atomic E-state index is -0.727. The second kappa shape index (κ2) is 6.26. The van der Waals surface area contributed by atoms with Crippen LogP contribution >= 0.6 is 0 Å². The van der Waals surface area contributed by atoms with Gasteiger partial charge >= 0.3 is 6.03 Å². The molecule has 1 aromatic rings. The zero-order valence-corrected chi connectivity index (χ0v) is 12.5. The van der Waals surface area contributed by atoms with E-state index >= 15 is 0 Å². The summed E-state index contributed by atoms with van der Waals surface area (Å²) >= 11 is 0. The van der Waals surface area contributed by atoms with E-state index in [1.54, 1.807) is 12.1 Å². The van der Waals surface area contributed by atoms with E-state index in [0.29, 0.717) is 5.56 Å². The van der Waals surface area contributed by atoms with Gasteiger partial charge in [0.05, 0.1) is 0 Å². The maximum absolute atomic E-state index is 12.2. The molecule has 22 heavy (non-hydrogen) atoms. The fourth-order valence-corrected chi connectivity index (χ4v) is 2.02. The lowest BCUT2D eigenvalue weighted by atomic mass is 10.1. The third-order valence-corrected chi connectivity index (χ3v) is 3.22. The number of rotatable bonds is 4. The Morgan fingerprint density at radius 3 is 2.36 bits per heavy atom. The van der Waals surface area contributed by atoms with Crippen LogP contribution in [0, 0.1) is 0 Å². The number of benzene rings is 1. The molecular formula is C16H17N3O3. The molecule has 1 N–H and O–H groups in total. The van der Waals surface area contributed by atoms with Gasteiger partial charge in [0.1, 0.15) is 5.57 Å². The molecule has 0 aromatic heterocycles. The van der Waals surface area contributed by atoms with E-state index in [1.807, 2.05) is 31.1 Å². The van der Waals surface area contributed by atoms with Crippen molar-refractivity contribution in [3.05, 3.63) is 48.1 Å². The molecule has 1 saturated heterocycles. The SMILES string of the molecule is C=CCN1C(=O)NC(=O)/C(=C\c2ccc(N(C)C)cc2)C1=O. The number of urea groups is 1. The third kappa shape index (κ3) is 3.06. The molecule has 0 aliphatic carbocycles. The lowest BCUT2D eigenvalue weighted by molar-refractivity contribution is -0.129. The third-order valence-electron chi connectivity index (χ3n) is 3.22. The van der Waals surface area contributed by atoms with Gasteiger partial charge < -0.3 is 4.90 Å². The average Bonchev–Trinajstić information content (AvgIpc) is 2.48. The van der Waals surface area contributed by atoms with Gasteiger partial charge in [-0.15, -0.1) is 6.58 Å². The summed E-state index contributed by atoms with van der Waals surface area (Å²) in [5, 5.41) is 2.15. The fraction of sp³-hybridized carbons (Fsp3) is 0.188. The molecule has 0 atom stereocenters. The standard InChI is InChI=1S/C16H17N3O3/c1-4-9-19-15(21)13(14(20)17-16(19)22)10-11-5-7-12(8-6-11)18(2)3/h4-8,10H,1,9H2,2-3H3,(H,17,20,22)/b13-10+. The van der Waals surface area contributed by atoms with Crippen molar-refractivity contribution in [2.75, 3.05) is 25.5 Å². The Kier molecular flexibility index (Phi) is 4.41. The number of imide groups is 2. The van der Waals surface area contributed by atoms with Crippen LogP contribution in [0.1, 0.15) is 5.56 Å². The number of anilines is 1. The first-order valence-electron chi connectivity index (χ1n) is 6.71. The predicted molar refractivity (Wildman–Crippen MR) is 84.2 cm³/mol. The lowest BCUT2D eigenvalue weighted by Crippen LogP contribution is -2.54. The second-order valence-corrected chi connectivity index (χ2v) is 5.01. The van der Waals surface area contributed by atoms with Crippen molar-refractivity contribution in [2.24, 2.45) is 0 Å². The van der Waals surface area contributed by atoms with Crippen molar-refractivity contribution >= 4 is 29.6 Å². The van der Waals surface area contributed by atoms with Crippen LogP contribution in [0.15, 0.2) is 42.5 Å². The lowest BCUT2D eigenvalue weighted by Gasteiger charge is -2.25. The number of carbonyl (C=O) groups is 3. The Bertz CT molecular complexity index is 660. The average molecular weight is 299 g/mol. The van der Waals surface area contributed by atoms with Gasteiger partial charge in [-0.25, -0.2) is 4.79 Å². The van der Waals surface area contributed by atoms with Crippen molar-refractivity contribution in [3.63, 3.8) is 0 Å². The summed E-state index contributed by atoms with van der Waals surface area (Å²) in [6, 6.07) is 6.64. The summed E-state index contributed by atoms with van der Waals surface area (Å²) in [6.45, 7) is 3.55. The van der Waals surface area contributed by atoms with Crippen molar-refractivity contribution < 1.29 is 14.4 Å². The molecule has 1 aliphatic heterocycles. The van der Waals surface area contributed by atoms with Gasteiger partial charge in [0.15, 0.2) is 0 Å². The quantitative estimate of drug-likeness (QED) is 0.518. The van der Waals surface area contributed by atoms with E-state index in [2.05, 4.69) is 11.9 Å². The highest BCUT2D eigenvalue weighted by atomic mass is 16.2. The summed E-state index contributed by atoms with van der Waals surface area (Å²) < 4.78 is 0. The molecule has 0 spiro atoms. The number of barbiturate groups is 1. The highest BCUT2D eigenvalue weighted by molar-refractivity contribution is 6.31. The van der Waals surface area contributed by atoms with Crippen LogP contribution in [-0.2, 0) is 9.59 Å². The van der Waals surface area contributed by atoms with Crippen LogP contribution in [0.5, 0.6) is 0 Å². The molecule has 0 bridgehead atoms. The van der Waals surface area contributed by atoms with E-state index in [9.17, 15) is 14.4 Å².